The Labute approximate surface area is 205 Å². The fourth-order valence-corrected chi connectivity index (χ4v) is 4.51. The number of fused-ring (bicyclic) bond motifs is 2. The van der Waals surface area contributed by atoms with Crippen LogP contribution in [0, 0.1) is 6.92 Å². The first-order chi connectivity index (χ1) is 17.0. The molecule has 3 aromatic heterocycles. The molecule has 0 atom stereocenters. The van der Waals surface area contributed by atoms with Gasteiger partial charge in [-0.25, -0.2) is 9.97 Å². The molecule has 0 saturated carbocycles. The van der Waals surface area contributed by atoms with Gasteiger partial charge in [-0.2, -0.15) is 5.10 Å². The number of para-hydroxylation sites is 1. The molecule has 5 rings (SSSR count). The Bertz CT molecular complexity index is 1540. The molecular weight excluding hydrogens is 464 g/mol. The highest BCUT2D eigenvalue weighted by molar-refractivity contribution is 7.99. The highest BCUT2D eigenvalue weighted by Gasteiger charge is 2.15. The van der Waals surface area contributed by atoms with Gasteiger partial charge in [-0.15, -0.1) is 0 Å². The van der Waals surface area contributed by atoms with Crippen molar-refractivity contribution in [2.75, 3.05) is 32.6 Å². The average Bonchev–Trinajstić information content (AvgIpc) is 3.41. The number of aryl methyl sites for hydroxylation is 1. The maximum absolute atomic E-state index is 11.8. The summed E-state index contributed by atoms with van der Waals surface area (Å²) in [4.78, 5) is 24.5. The molecule has 4 N–H and O–H groups in total. The van der Waals surface area contributed by atoms with Crippen LogP contribution in [-0.4, -0.2) is 62.5 Å². The summed E-state index contributed by atoms with van der Waals surface area (Å²) < 4.78 is 6.13. The SMILES string of the molecule is Cc1cc(Nc2nc(Sc3ccc4c(=O)[nH][nH]c4c3)nc3c(OCCCN(C)C)cccc23)n[nH]1. The van der Waals surface area contributed by atoms with Crippen molar-refractivity contribution >= 4 is 45.2 Å². The molecule has 11 heteroatoms. The number of nitrogens with one attached hydrogen (secondary N) is 4. The first-order valence-corrected chi connectivity index (χ1v) is 12.0. The van der Waals surface area contributed by atoms with E-state index in [1.165, 1.54) is 11.8 Å². The molecule has 0 aliphatic rings. The number of hydrogen-bond acceptors (Lipinski definition) is 8. The molecule has 180 valence electrons. The first kappa shape index (κ1) is 22.9. The molecule has 0 aliphatic heterocycles. The van der Waals surface area contributed by atoms with E-state index < -0.39 is 0 Å². The number of aromatic amines is 3. The Morgan fingerprint density at radius 2 is 1.97 bits per heavy atom. The molecular formula is C24H26N8O2S. The smallest absolute Gasteiger partial charge is 0.271 e. The van der Waals surface area contributed by atoms with Gasteiger partial charge in [0, 0.05) is 28.6 Å². The summed E-state index contributed by atoms with van der Waals surface area (Å²) in [6.45, 7) is 3.47. The molecule has 0 unspecified atom stereocenters. The average molecular weight is 491 g/mol. The maximum atomic E-state index is 11.8. The highest BCUT2D eigenvalue weighted by Crippen LogP contribution is 2.34. The minimum absolute atomic E-state index is 0.143. The lowest BCUT2D eigenvalue weighted by Crippen LogP contribution is -2.15. The third-order valence-electron chi connectivity index (χ3n) is 5.38. The zero-order valence-electron chi connectivity index (χ0n) is 19.7. The Balaban J connectivity index is 1.52. The Kier molecular flexibility index (Phi) is 6.43. The molecule has 0 spiro atoms. The number of ether oxygens (including phenoxy) is 1. The summed E-state index contributed by atoms with van der Waals surface area (Å²) in [5.74, 6) is 2.01. The fraction of sp³-hybridized carbons (Fsp3) is 0.250. The van der Waals surface area contributed by atoms with Crippen molar-refractivity contribution < 1.29 is 4.74 Å². The van der Waals surface area contributed by atoms with Crippen molar-refractivity contribution in [2.45, 2.75) is 23.4 Å². The number of nitrogens with zero attached hydrogens (tertiary/aromatic N) is 4. The van der Waals surface area contributed by atoms with Crippen molar-refractivity contribution in [2.24, 2.45) is 0 Å². The van der Waals surface area contributed by atoms with Crippen LogP contribution in [0.15, 0.2) is 57.3 Å². The van der Waals surface area contributed by atoms with Crippen molar-refractivity contribution in [1.29, 1.82) is 0 Å². The quantitative estimate of drug-likeness (QED) is 0.180. The van der Waals surface area contributed by atoms with Crippen LogP contribution in [0.4, 0.5) is 11.6 Å². The Hall–Kier alpha value is -3.83. The van der Waals surface area contributed by atoms with Crippen molar-refractivity contribution in [3.63, 3.8) is 0 Å². The molecule has 2 aromatic carbocycles. The third-order valence-corrected chi connectivity index (χ3v) is 6.24. The number of anilines is 2. The third kappa shape index (κ3) is 5.15. The van der Waals surface area contributed by atoms with Gasteiger partial charge in [-0.3, -0.25) is 20.1 Å². The van der Waals surface area contributed by atoms with E-state index in [1.54, 1.807) is 6.07 Å². The predicted molar refractivity (Wildman–Crippen MR) is 138 cm³/mol. The van der Waals surface area contributed by atoms with Gasteiger partial charge in [0.15, 0.2) is 11.0 Å². The molecule has 0 aliphatic carbocycles. The maximum Gasteiger partial charge on any atom is 0.271 e. The van der Waals surface area contributed by atoms with E-state index >= 15 is 0 Å². The lowest BCUT2D eigenvalue weighted by molar-refractivity contribution is 0.283. The molecule has 5 aromatic rings. The monoisotopic (exact) mass is 490 g/mol. The summed E-state index contributed by atoms with van der Waals surface area (Å²) in [6, 6.07) is 13.3. The van der Waals surface area contributed by atoms with Crippen LogP contribution in [0.2, 0.25) is 0 Å². The van der Waals surface area contributed by atoms with Crippen molar-refractivity contribution in [3.8, 4) is 5.75 Å². The van der Waals surface area contributed by atoms with Crippen LogP contribution in [0.1, 0.15) is 12.1 Å². The number of aromatic nitrogens is 6. The molecule has 35 heavy (non-hydrogen) atoms. The molecule has 0 radical (unpaired) electrons. The second-order valence-electron chi connectivity index (χ2n) is 8.46. The second-order valence-corrected chi connectivity index (χ2v) is 9.50. The molecule has 0 amide bonds. The van der Waals surface area contributed by atoms with E-state index in [0.29, 0.717) is 34.5 Å². The molecule has 10 nitrogen and oxygen atoms in total. The van der Waals surface area contributed by atoms with E-state index in [2.05, 4.69) is 30.6 Å². The molecule has 0 fully saturated rings. The topological polar surface area (TPSA) is 128 Å². The molecule has 0 bridgehead atoms. The van der Waals surface area contributed by atoms with Gasteiger partial charge in [0.05, 0.1) is 17.5 Å². The number of H-pyrrole nitrogens is 3. The fourth-order valence-electron chi connectivity index (χ4n) is 3.71. The van der Waals surface area contributed by atoms with Gasteiger partial charge in [0.25, 0.3) is 5.56 Å². The number of hydrogen-bond donors (Lipinski definition) is 4. The summed E-state index contributed by atoms with van der Waals surface area (Å²) in [6.07, 6.45) is 0.905. The summed E-state index contributed by atoms with van der Waals surface area (Å²) >= 11 is 1.41. The van der Waals surface area contributed by atoms with E-state index in [4.69, 9.17) is 14.7 Å². The van der Waals surface area contributed by atoms with Crippen LogP contribution in [0.5, 0.6) is 5.75 Å². The Morgan fingerprint density at radius 3 is 2.77 bits per heavy atom. The van der Waals surface area contributed by atoms with E-state index in [-0.39, 0.29) is 5.56 Å². The summed E-state index contributed by atoms with van der Waals surface area (Å²) in [5.41, 5.74) is 2.26. The minimum Gasteiger partial charge on any atom is -0.491 e. The standard InChI is InChI=1S/C24H26N8O2S/c1-14-12-20(30-28-14)25-22-17-6-4-7-19(34-11-5-10-32(2)3)21(17)26-24(27-22)35-15-8-9-16-18(13-15)29-31-23(16)33/h4,6-9,12-13H,5,10-11H2,1-3H3,(H2,29,31,33)(H2,25,26,27,28,30). The van der Waals surface area contributed by atoms with Gasteiger partial charge < -0.3 is 15.0 Å². The Morgan fingerprint density at radius 1 is 1.09 bits per heavy atom. The first-order valence-electron chi connectivity index (χ1n) is 11.2. The van der Waals surface area contributed by atoms with Crippen molar-refractivity contribution in [3.05, 3.63) is 58.5 Å². The van der Waals surface area contributed by atoms with Crippen LogP contribution in [0.3, 0.4) is 0 Å². The zero-order chi connectivity index (χ0) is 24.4. The van der Waals surface area contributed by atoms with Gasteiger partial charge in [-0.1, -0.05) is 6.07 Å². The van der Waals surface area contributed by atoms with Gasteiger partial charge >= 0.3 is 0 Å². The second kappa shape index (κ2) is 9.80. The summed E-state index contributed by atoms with van der Waals surface area (Å²) in [7, 11) is 4.09. The van der Waals surface area contributed by atoms with E-state index in [0.717, 1.165) is 40.0 Å². The molecule has 0 saturated heterocycles. The lowest BCUT2D eigenvalue weighted by atomic mass is 10.2. The van der Waals surface area contributed by atoms with Crippen LogP contribution < -0.4 is 15.6 Å². The minimum atomic E-state index is -0.143. The summed E-state index contributed by atoms with van der Waals surface area (Å²) in [5, 5.41) is 18.1. The highest BCUT2D eigenvalue weighted by atomic mass is 32.2. The van der Waals surface area contributed by atoms with Crippen LogP contribution >= 0.6 is 11.8 Å². The van der Waals surface area contributed by atoms with Gasteiger partial charge in [0.2, 0.25) is 0 Å². The zero-order valence-corrected chi connectivity index (χ0v) is 20.5. The van der Waals surface area contributed by atoms with Crippen LogP contribution in [0.25, 0.3) is 21.8 Å². The number of benzene rings is 2. The number of rotatable bonds is 9. The normalized spacial score (nSPS) is 11.5. The van der Waals surface area contributed by atoms with Gasteiger partial charge in [0.1, 0.15) is 17.1 Å². The van der Waals surface area contributed by atoms with E-state index in [9.17, 15) is 4.79 Å². The molecule has 3 heterocycles. The van der Waals surface area contributed by atoms with E-state index in [1.807, 2.05) is 57.4 Å². The lowest BCUT2D eigenvalue weighted by Gasteiger charge is -2.14. The van der Waals surface area contributed by atoms with Crippen LogP contribution in [-0.2, 0) is 0 Å². The van der Waals surface area contributed by atoms with Crippen molar-refractivity contribution in [1.82, 2.24) is 35.3 Å². The van der Waals surface area contributed by atoms with Gasteiger partial charge in [-0.05, 0) is 69.5 Å². The predicted octanol–water partition coefficient (Wildman–Crippen LogP) is 4.06. The largest absolute Gasteiger partial charge is 0.491 e.